The molecule has 0 saturated heterocycles. The monoisotopic (exact) mass is 190 g/mol. The van der Waals surface area contributed by atoms with Crippen LogP contribution in [0, 0.1) is 0 Å². The highest BCUT2D eigenvalue weighted by atomic mass is 16.1. The van der Waals surface area contributed by atoms with Gasteiger partial charge < -0.3 is 4.40 Å². The Balaban J connectivity index is 0.000000461. The Morgan fingerprint density at radius 3 is 2.79 bits per heavy atom. The maximum Gasteiger partial charge on any atom is 0.179 e. The summed E-state index contributed by atoms with van der Waals surface area (Å²) in [5, 5.41) is 0. The molecule has 0 aromatic carbocycles. The van der Waals surface area contributed by atoms with Gasteiger partial charge in [-0.2, -0.15) is 0 Å². The third-order valence-corrected chi connectivity index (χ3v) is 1.77. The van der Waals surface area contributed by atoms with Crippen LogP contribution in [-0.2, 0) is 0 Å². The maximum absolute atomic E-state index is 10.9. The Hall–Kier alpha value is -1.64. The second kappa shape index (κ2) is 4.56. The minimum atomic E-state index is -0.00870. The molecule has 2 rings (SSSR count). The largest absolute Gasteiger partial charge is 0.320 e. The van der Waals surface area contributed by atoms with Crippen molar-refractivity contribution in [2.75, 3.05) is 0 Å². The van der Waals surface area contributed by atoms with Gasteiger partial charge in [0.15, 0.2) is 5.78 Å². The molecule has 14 heavy (non-hydrogen) atoms. The fraction of sp³-hybridized carbons (Fsp3) is 0.273. The summed E-state index contributed by atoms with van der Waals surface area (Å²) >= 11 is 0. The maximum atomic E-state index is 10.9. The predicted octanol–water partition coefficient (Wildman–Crippen LogP) is 2.56. The molecule has 0 aliphatic carbocycles. The third-order valence-electron chi connectivity index (χ3n) is 1.77. The molecule has 2 aromatic heterocycles. The lowest BCUT2D eigenvalue weighted by atomic mass is 10.3. The molecule has 0 N–H and O–H groups in total. The van der Waals surface area contributed by atoms with Gasteiger partial charge in [-0.1, -0.05) is 13.8 Å². The summed E-state index contributed by atoms with van der Waals surface area (Å²) in [4.78, 5) is 14.9. The smallest absolute Gasteiger partial charge is 0.179 e. The molecule has 0 aliphatic heterocycles. The van der Waals surface area contributed by atoms with E-state index >= 15 is 0 Å². The van der Waals surface area contributed by atoms with Crippen LogP contribution in [0.5, 0.6) is 0 Å². The van der Waals surface area contributed by atoms with Crippen LogP contribution in [0.2, 0.25) is 0 Å². The standard InChI is InChI=1S/C9H8N2O.C2H6/c1-7(12)9-6-11-4-2-3-8(11)5-10-9;1-2/h2-6H,1H3;1-2H3. The van der Waals surface area contributed by atoms with Gasteiger partial charge in [-0.15, -0.1) is 0 Å². The molecular formula is C11H14N2O. The fourth-order valence-corrected chi connectivity index (χ4v) is 1.12. The Kier molecular flexibility index (Phi) is 3.40. The Morgan fingerprint density at radius 2 is 2.14 bits per heavy atom. The number of ketones is 1. The van der Waals surface area contributed by atoms with E-state index in [9.17, 15) is 4.79 Å². The van der Waals surface area contributed by atoms with Crippen LogP contribution in [0.1, 0.15) is 31.3 Å². The lowest BCUT2D eigenvalue weighted by Gasteiger charge is -1.96. The van der Waals surface area contributed by atoms with Crippen LogP contribution in [0.4, 0.5) is 0 Å². The van der Waals surface area contributed by atoms with Crippen molar-refractivity contribution >= 4 is 11.3 Å². The highest BCUT2D eigenvalue weighted by Crippen LogP contribution is 2.04. The van der Waals surface area contributed by atoms with Crippen LogP contribution < -0.4 is 0 Å². The second-order valence-electron chi connectivity index (χ2n) is 2.67. The third kappa shape index (κ3) is 1.99. The zero-order valence-corrected chi connectivity index (χ0v) is 8.69. The summed E-state index contributed by atoms with van der Waals surface area (Å²) in [6, 6.07) is 3.86. The minimum Gasteiger partial charge on any atom is -0.320 e. The van der Waals surface area contributed by atoms with E-state index in [1.165, 1.54) is 6.92 Å². The molecule has 74 valence electrons. The molecule has 2 heterocycles. The van der Waals surface area contributed by atoms with Gasteiger partial charge in [-0.3, -0.25) is 4.79 Å². The molecule has 0 saturated carbocycles. The molecule has 0 aliphatic rings. The highest BCUT2D eigenvalue weighted by Gasteiger charge is 2.00. The second-order valence-corrected chi connectivity index (χ2v) is 2.67. The van der Waals surface area contributed by atoms with Crippen LogP contribution in [-0.4, -0.2) is 15.2 Å². The van der Waals surface area contributed by atoms with Crippen molar-refractivity contribution in [1.29, 1.82) is 0 Å². The van der Waals surface area contributed by atoms with Crippen molar-refractivity contribution in [3.8, 4) is 0 Å². The number of carbonyl (C=O) groups excluding carboxylic acids is 1. The fourth-order valence-electron chi connectivity index (χ4n) is 1.12. The van der Waals surface area contributed by atoms with Crippen LogP contribution in [0.15, 0.2) is 30.7 Å². The summed E-state index contributed by atoms with van der Waals surface area (Å²) < 4.78 is 1.88. The molecule has 0 radical (unpaired) electrons. The highest BCUT2D eigenvalue weighted by molar-refractivity contribution is 5.91. The molecule has 0 bridgehead atoms. The topological polar surface area (TPSA) is 34.4 Å². The van der Waals surface area contributed by atoms with Gasteiger partial charge in [0.2, 0.25) is 0 Å². The number of Topliss-reactive ketones (excluding diaryl/α,β-unsaturated/α-hetero) is 1. The predicted molar refractivity (Wildman–Crippen MR) is 56.5 cm³/mol. The van der Waals surface area contributed by atoms with Crippen LogP contribution >= 0.6 is 0 Å². The molecule has 2 aromatic rings. The van der Waals surface area contributed by atoms with E-state index in [0.29, 0.717) is 5.69 Å². The summed E-state index contributed by atoms with van der Waals surface area (Å²) in [6.45, 7) is 5.51. The SMILES string of the molecule is CC.CC(=O)c1cn2cccc2cn1. The van der Waals surface area contributed by atoms with Crippen LogP contribution in [0.3, 0.4) is 0 Å². The van der Waals surface area contributed by atoms with E-state index in [-0.39, 0.29) is 5.78 Å². The molecule has 3 nitrogen and oxygen atoms in total. The summed E-state index contributed by atoms with van der Waals surface area (Å²) in [5.74, 6) is -0.00870. The number of fused-ring (bicyclic) bond motifs is 1. The molecule has 0 amide bonds. The lowest BCUT2D eigenvalue weighted by molar-refractivity contribution is 0.101. The summed E-state index contributed by atoms with van der Waals surface area (Å²) in [6.07, 6.45) is 5.32. The van der Waals surface area contributed by atoms with E-state index in [1.54, 1.807) is 12.4 Å². The Bertz CT molecular complexity index is 432. The van der Waals surface area contributed by atoms with Gasteiger partial charge in [-0.25, -0.2) is 4.98 Å². The van der Waals surface area contributed by atoms with Gasteiger partial charge in [-0.05, 0) is 12.1 Å². The van der Waals surface area contributed by atoms with Gasteiger partial charge in [0.25, 0.3) is 0 Å². The van der Waals surface area contributed by atoms with E-state index in [0.717, 1.165) is 5.52 Å². The van der Waals surface area contributed by atoms with E-state index < -0.39 is 0 Å². The van der Waals surface area contributed by atoms with Crippen molar-refractivity contribution in [2.24, 2.45) is 0 Å². The molecule has 3 heteroatoms. The summed E-state index contributed by atoms with van der Waals surface area (Å²) in [7, 11) is 0. The van der Waals surface area contributed by atoms with Gasteiger partial charge in [0, 0.05) is 19.3 Å². The quantitative estimate of drug-likeness (QED) is 0.648. The number of hydrogen-bond acceptors (Lipinski definition) is 2. The number of rotatable bonds is 1. The average Bonchev–Trinajstić information content (AvgIpc) is 2.67. The average molecular weight is 190 g/mol. The zero-order chi connectivity index (χ0) is 10.6. The number of carbonyl (C=O) groups is 1. The number of aromatic nitrogens is 2. The summed E-state index contributed by atoms with van der Waals surface area (Å²) in [5.41, 5.74) is 1.50. The Morgan fingerprint density at radius 1 is 1.43 bits per heavy atom. The van der Waals surface area contributed by atoms with Gasteiger partial charge >= 0.3 is 0 Å². The van der Waals surface area contributed by atoms with Gasteiger partial charge in [0.05, 0.1) is 11.7 Å². The minimum absolute atomic E-state index is 0.00870. The zero-order valence-electron chi connectivity index (χ0n) is 8.69. The van der Waals surface area contributed by atoms with Crippen molar-refractivity contribution in [2.45, 2.75) is 20.8 Å². The first-order chi connectivity index (χ1) is 6.77. The van der Waals surface area contributed by atoms with E-state index in [1.807, 2.05) is 36.6 Å². The molecule has 0 fully saturated rings. The molecule has 0 unspecified atom stereocenters. The van der Waals surface area contributed by atoms with Crippen molar-refractivity contribution in [3.05, 3.63) is 36.4 Å². The number of hydrogen-bond donors (Lipinski definition) is 0. The Labute approximate surface area is 83.4 Å². The lowest BCUT2D eigenvalue weighted by Crippen LogP contribution is -1.98. The molecular weight excluding hydrogens is 176 g/mol. The first-order valence-electron chi connectivity index (χ1n) is 4.71. The van der Waals surface area contributed by atoms with Crippen LogP contribution in [0.25, 0.3) is 5.52 Å². The first-order valence-corrected chi connectivity index (χ1v) is 4.71. The van der Waals surface area contributed by atoms with Gasteiger partial charge in [0.1, 0.15) is 5.69 Å². The molecule has 0 atom stereocenters. The first kappa shape index (κ1) is 10.4. The normalized spacial score (nSPS) is 9.36. The van der Waals surface area contributed by atoms with E-state index in [4.69, 9.17) is 0 Å². The van der Waals surface area contributed by atoms with E-state index in [2.05, 4.69) is 4.98 Å². The van der Waals surface area contributed by atoms with Crippen molar-refractivity contribution in [1.82, 2.24) is 9.38 Å². The number of nitrogens with zero attached hydrogens (tertiary/aromatic N) is 2. The van der Waals surface area contributed by atoms with Crippen molar-refractivity contribution in [3.63, 3.8) is 0 Å². The van der Waals surface area contributed by atoms with Crippen molar-refractivity contribution < 1.29 is 4.79 Å². The molecule has 0 spiro atoms.